The number of hydrogen-bond donors (Lipinski definition) is 1. The molecule has 1 rings (SSSR count). The molecule has 0 bridgehead atoms. The zero-order valence-corrected chi connectivity index (χ0v) is 11.0. The van der Waals surface area contributed by atoms with E-state index in [1.807, 2.05) is 13.0 Å². The van der Waals surface area contributed by atoms with Crippen LogP contribution < -0.4 is 10.1 Å². The van der Waals surface area contributed by atoms with Crippen LogP contribution in [0.15, 0.2) is 30.4 Å². The highest BCUT2D eigenvalue weighted by Crippen LogP contribution is 2.23. The van der Waals surface area contributed by atoms with Crippen LogP contribution in [0.25, 0.3) is 0 Å². The summed E-state index contributed by atoms with van der Waals surface area (Å²) >= 11 is 0. The minimum absolute atomic E-state index is 0.297. The molecule has 0 saturated heterocycles. The summed E-state index contributed by atoms with van der Waals surface area (Å²) in [7, 11) is 1.64. The summed E-state index contributed by atoms with van der Waals surface area (Å²) in [4.78, 5) is 0. The monoisotopic (exact) mass is 253 g/mol. The normalized spacial score (nSPS) is 10.4. The average Bonchev–Trinajstić information content (AvgIpc) is 2.33. The van der Waals surface area contributed by atoms with Gasteiger partial charge in [-0.25, -0.2) is 4.39 Å². The molecule has 3 nitrogen and oxygen atoms in total. The first-order valence-corrected chi connectivity index (χ1v) is 5.89. The average molecular weight is 253 g/mol. The van der Waals surface area contributed by atoms with Gasteiger partial charge in [-0.2, -0.15) is 0 Å². The number of rotatable bonds is 8. The number of benzene rings is 1. The highest BCUT2D eigenvalue weighted by atomic mass is 19.1. The fourth-order valence-electron chi connectivity index (χ4n) is 1.45. The first kappa shape index (κ1) is 14.7. The summed E-state index contributed by atoms with van der Waals surface area (Å²) in [5.74, 6) is -0.0484. The van der Waals surface area contributed by atoms with Gasteiger partial charge >= 0.3 is 0 Å². The van der Waals surface area contributed by atoms with Crippen molar-refractivity contribution in [2.45, 2.75) is 13.5 Å². The van der Waals surface area contributed by atoms with Crippen molar-refractivity contribution in [3.05, 3.63) is 41.7 Å². The van der Waals surface area contributed by atoms with Crippen LogP contribution in [0.3, 0.4) is 0 Å². The Bertz CT molecular complexity index is 393. The van der Waals surface area contributed by atoms with Crippen LogP contribution in [0.1, 0.15) is 12.5 Å². The molecule has 100 valence electrons. The number of hydrogen-bond acceptors (Lipinski definition) is 3. The lowest BCUT2D eigenvalue weighted by atomic mass is 10.2. The van der Waals surface area contributed by atoms with Crippen molar-refractivity contribution in [2.75, 3.05) is 26.9 Å². The smallest absolute Gasteiger partial charge is 0.165 e. The Kier molecular flexibility index (Phi) is 6.39. The summed E-state index contributed by atoms with van der Waals surface area (Å²) in [5, 5.41) is 3.16. The minimum Gasteiger partial charge on any atom is -0.486 e. The van der Waals surface area contributed by atoms with Crippen LogP contribution in [0.5, 0.6) is 5.75 Å². The lowest BCUT2D eigenvalue weighted by Crippen LogP contribution is -2.19. The van der Waals surface area contributed by atoms with Crippen molar-refractivity contribution in [3.8, 4) is 5.75 Å². The zero-order valence-electron chi connectivity index (χ0n) is 11.0. The quantitative estimate of drug-likeness (QED) is 0.570. The molecule has 0 amide bonds. The molecule has 4 heteroatoms. The second-order valence-electron chi connectivity index (χ2n) is 4.14. The predicted octanol–water partition coefficient (Wildman–Crippen LogP) is 2.52. The van der Waals surface area contributed by atoms with E-state index in [2.05, 4.69) is 11.9 Å². The van der Waals surface area contributed by atoms with Crippen LogP contribution >= 0.6 is 0 Å². The van der Waals surface area contributed by atoms with Gasteiger partial charge in [0, 0.05) is 25.8 Å². The maximum atomic E-state index is 13.7. The van der Waals surface area contributed by atoms with Gasteiger partial charge in [0.2, 0.25) is 0 Å². The van der Waals surface area contributed by atoms with E-state index in [0.717, 1.165) is 11.1 Å². The highest BCUT2D eigenvalue weighted by Gasteiger charge is 2.09. The Morgan fingerprint density at radius 1 is 1.44 bits per heavy atom. The maximum absolute atomic E-state index is 13.7. The van der Waals surface area contributed by atoms with Crippen molar-refractivity contribution >= 4 is 0 Å². The summed E-state index contributed by atoms with van der Waals surface area (Å²) in [6.07, 6.45) is 0. The second kappa shape index (κ2) is 7.84. The van der Waals surface area contributed by atoms with Gasteiger partial charge in [0.25, 0.3) is 0 Å². The molecule has 1 aromatic rings. The van der Waals surface area contributed by atoms with Crippen LogP contribution in [0, 0.1) is 5.82 Å². The molecule has 0 radical (unpaired) electrons. The number of methoxy groups -OCH3 is 1. The Morgan fingerprint density at radius 3 is 2.89 bits per heavy atom. The molecule has 0 heterocycles. The predicted molar refractivity (Wildman–Crippen MR) is 70.3 cm³/mol. The number of para-hydroxylation sites is 1. The lowest BCUT2D eigenvalue weighted by molar-refractivity contribution is 0.199. The molecule has 0 unspecified atom stereocenters. The van der Waals surface area contributed by atoms with Crippen LogP contribution in [0.4, 0.5) is 4.39 Å². The molecule has 0 saturated carbocycles. The third-order valence-corrected chi connectivity index (χ3v) is 2.31. The molecule has 0 fully saturated rings. The molecule has 18 heavy (non-hydrogen) atoms. The summed E-state index contributed by atoms with van der Waals surface area (Å²) < 4.78 is 24.0. The molecule has 1 N–H and O–H groups in total. The SMILES string of the molecule is C=C(C)COc1c(F)cccc1CNCCOC. The molecule has 0 atom stereocenters. The molecule has 0 aromatic heterocycles. The molecule has 0 spiro atoms. The van der Waals surface area contributed by atoms with Gasteiger partial charge < -0.3 is 14.8 Å². The Hall–Kier alpha value is -1.39. The number of halogens is 1. The van der Waals surface area contributed by atoms with E-state index >= 15 is 0 Å². The van der Waals surface area contributed by atoms with Crippen molar-refractivity contribution in [1.29, 1.82) is 0 Å². The van der Waals surface area contributed by atoms with E-state index in [4.69, 9.17) is 9.47 Å². The van der Waals surface area contributed by atoms with Crippen molar-refractivity contribution in [1.82, 2.24) is 5.32 Å². The van der Waals surface area contributed by atoms with E-state index in [0.29, 0.717) is 32.1 Å². The summed E-state index contributed by atoms with van der Waals surface area (Å²) in [6.45, 7) is 7.79. The van der Waals surface area contributed by atoms with E-state index in [1.54, 1.807) is 13.2 Å². The fourth-order valence-corrected chi connectivity index (χ4v) is 1.45. The lowest BCUT2D eigenvalue weighted by Gasteiger charge is -2.13. The van der Waals surface area contributed by atoms with E-state index in [9.17, 15) is 4.39 Å². The number of nitrogens with one attached hydrogen (secondary N) is 1. The maximum Gasteiger partial charge on any atom is 0.165 e. The Balaban J connectivity index is 2.64. The van der Waals surface area contributed by atoms with E-state index < -0.39 is 0 Å². The van der Waals surface area contributed by atoms with Gasteiger partial charge in [-0.1, -0.05) is 18.7 Å². The van der Waals surface area contributed by atoms with Crippen molar-refractivity contribution in [2.24, 2.45) is 0 Å². The largest absolute Gasteiger partial charge is 0.486 e. The molecular weight excluding hydrogens is 233 g/mol. The van der Waals surface area contributed by atoms with Crippen molar-refractivity contribution < 1.29 is 13.9 Å². The van der Waals surface area contributed by atoms with Gasteiger partial charge in [-0.15, -0.1) is 0 Å². The van der Waals surface area contributed by atoms with Gasteiger partial charge in [0.15, 0.2) is 11.6 Å². The molecule has 0 aliphatic rings. The second-order valence-corrected chi connectivity index (χ2v) is 4.14. The molecular formula is C14H20FNO2. The van der Waals surface area contributed by atoms with Crippen LogP contribution in [-0.2, 0) is 11.3 Å². The summed E-state index contributed by atoms with van der Waals surface area (Å²) in [6, 6.07) is 4.92. The molecule has 0 aliphatic heterocycles. The third kappa shape index (κ3) is 4.85. The standard InChI is InChI=1S/C14H20FNO2/c1-11(2)10-18-14-12(5-4-6-13(14)15)9-16-7-8-17-3/h4-6,16H,1,7-10H2,2-3H3. The summed E-state index contributed by atoms with van der Waals surface area (Å²) in [5.41, 5.74) is 1.66. The Labute approximate surface area is 108 Å². The van der Waals surface area contributed by atoms with Gasteiger partial charge in [-0.3, -0.25) is 0 Å². The van der Waals surface area contributed by atoms with E-state index in [1.165, 1.54) is 6.07 Å². The van der Waals surface area contributed by atoms with Gasteiger partial charge in [0.05, 0.1) is 6.61 Å². The topological polar surface area (TPSA) is 30.5 Å². The number of ether oxygens (including phenoxy) is 2. The first-order chi connectivity index (χ1) is 8.65. The first-order valence-electron chi connectivity index (χ1n) is 5.89. The van der Waals surface area contributed by atoms with Crippen molar-refractivity contribution in [3.63, 3.8) is 0 Å². The van der Waals surface area contributed by atoms with Gasteiger partial charge in [0.1, 0.15) is 6.61 Å². The van der Waals surface area contributed by atoms with Gasteiger partial charge in [-0.05, 0) is 18.6 Å². The highest BCUT2D eigenvalue weighted by molar-refractivity contribution is 5.35. The van der Waals surface area contributed by atoms with E-state index in [-0.39, 0.29) is 5.82 Å². The van der Waals surface area contributed by atoms with Crippen LogP contribution in [0.2, 0.25) is 0 Å². The fraction of sp³-hybridized carbons (Fsp3) is 0.429. The third-order valence-electron chi connectivity index (χ3n) is 2.31. The molecule has 0 aliphatic carbocycles. The zero-order chi connectivity index (χ0) is 13.4. The minimum atomic E-state index is -0.345. The van der Waals surface area contributed by atoms with Crippen LogP contribution in [-0.4, -0.2) is 26.9 Å². The Morgan fingerprint density at radius 2 is 2.22 bits per heavy atom. The molecule has 1 aromatic carbocycles.